The van der Waals surface area contributed by atoms with Gasteiger partial charge < -0.3 is 4.90 Å². The summed E-state index contributed by atoms with van der Waals surface area (Å²) < 4.78 is 13.5. The first-order valence-corrected chi connectivity index (χ1v) is 10.3. The highest BCUT2D eigenvalue weighted by molar-refractivity contribution is 6.32. The first-order chi connectivity index (χ1) is 14.5. The quantitative estimate of drug-likeness (QED) is 0.551. The summed E-state index contributed by atoms with van der Waals surface area (Å²) >= 11 is 6.28. The Bertz CT molecular complexity index is 1120. The van der Waals surface area contributed by atoms with E-state index in [4.69, 9.17) is 16.6 Å². The third-order valence-electron chi connectivity index (χ3n) is 5.51. The molecule has 0 spiro atoms. The second kappa shape index (κ2) is 8.41. The van der Waals surface area contributed by atoms with E-state index in [2.05, 4.69) is 13.0 Å². The van der Waals surface area contributed by atoms with E-state index in [1.165, 1.54) is 17.7 Å². The van der Waals surface area contributed by atoms with Gasteiger partial charge in [-0.05, 0) is 60.0 Å². The Morgan fingerprint density at radius 2 is 1.73 bits per heavy atom. The van der Waals surface area contributed by atoms with Crippen LogP contribution in [0.5, 0.6) is 0 Å². The second-order valence-electron chi connectivity index (χ2n) is 7.39. The minimum Gasteiger partial charge on any atom is -0.313 e. The van der Waals surface area contributed by atoms with Crippen LogP contribution in [0, 0.1) is 5.82 Å². The lowest BCUT2D eigenvalue weighted by Crippen LogP contribution is -2.36. The standard InChI is InChI=1S/C25H22ClFN2O/c1-3-16-6-4-5-7-18(16)14-22-25(30)29(2)23-13-10-19(26)15-21(23)24(28-22)17-8-11-20(27)12-9-17/h4-13,15,22H,3,14H2,1-2H3. The number of anilines is 1. The number of likely N-dealkylation sites (N-methyl/N-ethyl adjacent to an activating group) is 1. The van der Waals surface area contributed by atoms with Gasteiger partial charge in [0.05, 0.1) is 11.4 Å². The molecule has 0 fully saturated rings. The molecule has 1 aliphatic rings. The van der Waals surface area contributed by atoms with Crippen LogP contribution in [-0.4, -0.2) is 24.7 Å². The summed E-state index contributed by atoms with van der Waals surface area (Å²) in [5, 5.41) is 0.555. The van der Waals surface area contributed by atoms with Crippen molar-refractivity contribution in [1.82, 2.24) is 0 Å². The average Bonchev–Trinajstić information content (AvgIpc) is 2.85. The number of hydrogen-bond acceptors (Lipinski definition) is 2. The molecule has 3 nitrogen and oxygen atoms in total. The zero-order valence-electron chi connectivity index (χ0n) is 16.9. The molecule has 0 N–H and O–H groups in total. The summed E-state index contributed by atoms with van der Waals surface area (Å²) in [6.07, 6.45) is 1.39. The molecule has 1 aliphatic heterocycles. The fraction of sp³-hybridized carbons (Fsp3) is 0.200. The Morgan fingerprint density at radius 1 is 1.03 bits per heavy atom. The third-order valence-corrected chi connectivity index (χ3v) is 5.74. The fourth-order valence-electron chi connectivity index (χ4n) is 3.89. The van der Waals surface area contributed by atoms with Crippen molar-refractivity contribution < 1.29 is 9.18 Å². The van der Waals surface area contributed by atoms with Crippen molar-refractivity contribution in [3.05, 3.63) is 99.8 Å². The largest absolute Gasteiger partial charge is 0.313 e. The van der Waals surface area contributed by atoms with Crippen LogP contribution in [0.15, 0.2) is 71.7 Å². The van der Waals surface area contributed by atoms with Crippen molar-refractivity contribution in [1.29, 1.82) is 0 Å². The highest BCUT2D eigenvalue weighted by atomic mass is 35.5. The Kier molecular flexibility index (Phi) is 5.69. The first kappa shape index (κ1) is 20.3. The first-order valence-electron chi connectivity index (χ1n) is 9.96. The molecule has 3 aromatic carbocycles. The fourth-order valence-corrected chi connectivity index (χ4v) is 4.07. The summed E-state index contributed by atoms with van der Waals surface area (Å²) in [5.74, 6) is -0.400. The van der Waals surface area contributed by atoms with Crippen LogP contribution < -0.4 is 4.90 Å². The van der Waals surface area contributed by atoms with E-state index in [9.17, 15) is 9.18 Å². The van der Waals surface area contributed by atoms with Crippen LogP contribution in [0.25, 0.3) is 0 Å². The lowest BCUT2D eigenvalue weighted by atomic mass is 9.98. The van der Waals surface area contributed by atoms with E-state index < -0.39 is 6.04 Å². The highest BCUT2D eigenvalue weighted by Crippen LogP contribution is 2.31. The van der Waals surface area contributed by atoms with E-state index in [0.29, 0.717) is 17.2 Å². The summed E-state index contributed by atoms with van der Waals surface area (Å²) in [6, 6.07) is 19.1. The smallest absolute Gasteiger partial charge is 0.251 e. The van der Waals surface area contributed by atoms with Gasteiger partial charge in [-0.3, -0.25) is 9.79 Å². The van der Waals surface area contributed by atoms with Gasteiger partial charge in [0.25, 0.3) is 5.91 Å². The maximum atomic E-state index is 13.5. The van der Waals surface area contributed by atoms with Gasteiger partial charge in [-0.25, -0.2) is 4.39 Å². The van der Waals surface area contributed by atoms with Gasteiger partial charge in [0.15, 0.2) is 0 Å². The molecule has 0 saturated heterocycles. The molecule has 152 valence electrons. The molecule has 0 aliphatic carbocycles. The van der Waals surface area contributed by atoms with Crippen LogP contribution in [-0.2, 0) is 17.6 Å². The normalized spacial score (nSPS) is 16.1. The minimum atomic E-state index is -0.589. The van der Waals surface area contributed by atoms with Crippen molar-refractivity contribution in [2.75, 3.05) is 11.9 Å². The summed E-state index contributed by atoms with van der Waals surface area (Å²) in [7, 11) is 1.76. The molecular weight excluding hydrogens is 399 g/mol. The number of rotatable bonds is 4. The number of benzene rings is 3. The van der Waals surface area contributed by atoms with Crippen LogP contribution in [0.2, 0.25) is 5.02 Å². The predicted octanol–water partition coefficient (Wildman–Crippen LogP) is 5.47. The number of aryl methyl sites for hydroxylation is 1. The number of amides is 1. The monoisotopic (exact) mass is 420 g/mol. The number of aliphatic imine (C=N–C) groups is 1. The van der Waals surface area contributed by atoms with Gasteiger partial charge in [-0.15, -0.1) is 0 Å². The Labute approximate surface area is 180 Å². The zero-order valence-corrected chi connectivity index (χ0v) is 17.7. The number of carbonyl (C=O) groups is 1. The molecule has 0 saturated carbocycles. The Morgan fingerprint density at radius 3 is 2.43 bits per heavy atom. The van der Waals surface area contributed by atoms with Crippen molar-refractivity contribution in [2.45, 2.75) is 25.8 Å². The zero-order chi connectivity index (χ0) is 21.3. The lowest BCUT2D eigenvalue weighted by molar-refractivity contribution is -0.119. The average molecular weight is 421 g/mol. The Hall–Kier alpha value is -2.98. The van der Waals surface area contributed by atoms with Crippen molar-refractivity contribution in [3.8, 4) is 0 Å². The number of halogens is 2. The van der Waals surface area contributed by atoms with Crippen molar-refractivity contribution in [2.24, 2.45) is 4.99 Å². The molecule has 30 heavy (non-hydrogen) atoms. The van der Waals surface area contributed by atoms with E-state index in [1.54, 1.807) is 30.1 Å². The minimum absolute atomic E-state index is 0.0819. The van der Waals surface area contributed by atoms with E-state index in [-0.39, 0.29) is 11.7 Å². The van der Waals surface area contributed by atoms with E-state index >= 15 is 0 Å². The maximum Gasteiger partial charge on any atom is 0.251 e. The van der Waals surface area contributed by atoms with Gasteiger partial charge >= 0.3 is 0 Å². The molecule has 3 aromatic rings. The molecule has 5 heteroatoms. The highest BCUT2D eigenvalue weighted by Gasteiger charge is 2.30. The van der Waals surface area contributed by atoms with Gasteiger partial charge in [0.1, 0.15) is 11.9 Å². The van der Waals surface area contributed by atoms with Crippen molar-refractivity contribution in [3.63, 3.8) is 0 Å². The van der Waals surface area contributed by atoms with Crippen LogP contribution in [0.4, 0.5) is 10.1 Å². The second-order valence-corrected chi connectivity index (χ2v) is 7.82. The molecule has 1 atom stereocenters. The molecule has 0 radical (unpaired) electrons. The lowest BCUT2D eigenvalue weighted by Gasteiger charge is -2.21. The molecular formula is C25H22ClFN2O. The van der Waals surface area contributed by atoms with Gasteiger partial charge in [0.2, 0.25) is 0 Å². The molecule has 4 rings (SSSR count). The maximum absolute atomic E-state index is 13.5. The molecule has 0 aromatic heterocycles. The molecule has 1 amide bonds. The predicted molar refractivity (Wildman–Crippen MR) is 120 cm³/mol. The summed E-state index contributed by atoms with van der Waals surface area (Å²) in [6.45, 7) is 2.10. The number of benzodiazepines with no additional fused rings is 1. The number of nitrogens with zero attached hydrogens (tertiary/aromatic N) is 2. The molecule has 1 heterocycles. The number of fused-ring (bicyclic) bond motifs is 1. The summed E-state index contributed by atoms with van der Waals surface area (Å²) in [5.41, 5.74) is 5.20. The summed E-state index contributed by atoms with van der Waals surface area (Å²) in [4.78, 5) is 19.9. The SMILES string of the molecule is CCc1ccccc1CC1N=C(c2ccc(F)cc2)c2cc(Cl)ccc2N(C)C1=O. The van der Waals surface area contributed by atoms with Gasteiger partial charge in [-0.2, -0.15) is 0 Å². The molecule has 1 unspecified atom stereocenters. The van der Waals surface area contributed by atoms with Gasteiger partial charge in [-0.1, -0.05) is 42.8 Å². The van der Waals surface area contributed by atoms with Crippen molar-refractivity contribution >= 4 is 28.9 Å². The number of hydrogen-bond donors (Lipinski definition) is 0. The van der Waals surface area contributed by atoms with E-state index in [0.717, 1.165) is 28.8 Å². The van der Waals surface area contributed by atoms with Crippen LogP contribution in [0.1, 0.15) is 29.2 Å². The van der Waals surface area contributed by atoms with Crippen LogP contribution >= 0.6 is 11.6 Å². The van der Waals surface area contributed by atoms with E-state index in [1.807, 2.05) is 30.3 Å². The third kappa shape index (κ3) is 3.88. The number of carbonyl (C=O) groups excluding carboxylic acids is 1. The molecule has 0 bridgehead atoms. The van der Waals surface area contributed by atoms with Gasteiger partial charge in [0, 0.05) is 29.6 Å². The Balaban J connectivity index is 1.87. The van der Waals surface area contributed by atoms with Crippen LogP contribution in [0.3, 0.4) is 0 Å². The topological polar surface area (TPSA) is 32.7 Å².